The van der Waals surface area contributed by atoms with Crippen LogP contribution in [0.5, 0.6) is 0 Å². The first kappa shape index (κ1) is 21.7. The van der Waals surface area contributed by atoms with Crippen LogP contribution in [-0.4, -0.2) is 46.9 Å². The van der Waals surface area contributed by atoms with Crippen molar-refractivity contribution >= 4 is 43.4 Å². The van der Waals surface area contributed by atoms with E-state index in [9.17, 15) is 0 Å². The summed E-state index contributed by atoms with van der Waals surface area (Å²) >= 11 is 1.68. The van der Waals surface area contributed by atoms with E-state index in [0.29, 0.717) is 6.61 Å². The molecule has 0 radical (unpaired) electrons. The molecule has 0 aliphatic carbocycles. The van der Waals surface area contributed by atoms with E-state index in [0.717, 1.165) is 64.8 Å². The first-order valence-electron chi connectivity index (χ1n) is 11.9. The highest BCUT2D eigenvalue weighted by atomic mass is 32.1. The fraction of sp³-hybridized carbons (Fsp3) is 0.423. The predicted molar refractivity (Wildman–Crippen MR) is 137 cm³/mol. The number of pyridine rings is 1. The molecule has 1 N–H and O–H groups in total. The van der Waals surface area contributed by atoms with Gasteiger partial charge in [0.2, 0.25) is 0 Å². The highest BCUT2D eigenvalue weighted by Crippen LogP contribution is 2.44. The number of anilines is 2. The van der Waals surface area contributed by atoms with Gasteiger partial charge < -0.3 is 19.7 Å². The normalized spacial score (nSPS) is 18.7. The third-order valence-electron chi connectivity index (χ3n) is 6.77. The van der Waals surface area contributed by atoms with Crippen molar-refractivity contribution in [3.8, 4) is 0 Å². The lowest BCUT2D eigenvalue weighted by Gasteiger charge is -2.36. The van der Waals surface area contributed by atoms with E-state index in [1.807, 2.05) is 6.07 Å². The number of nitrogens with one attached hydrogen (secondary N) is 1. The molecule has 6 rings (SSSR count). The Labute approximate surface area is 203 Å². The summed E-state index contributed by atoms with van der Waals surface area (Å²) in [6.07, 6.45) is 2.50. The van der Waals surface area contributed by atoms with E-state index in [-0.39, 0.29) is 11.6 Å². The molecule has 8 heteroatoms. The van der Waals surface area contributed by atoms with Crippen LogP contribution in [-0.2, 0) is 22.5 Å². The number of hydrogen-bond donors (Lipinski definition) is 1. The second-order valence-corrected chi connectivity index (χ2v) is 10.7. The number of benzene rings is 1. The Bertz CT molecular complexity index is 1350. The summed E-state index contributed by atoms with van der Waals surface area (Å²) in [4.78, 5) is 17.9. The number of nitrogens with zero attached hydrogens (tertiary/aromatic N) is 4. The Morgan fingerprint density at radius 3 is 2.68 bits per heavy atom. The van der Waals surface area contributed by atoms with Gasteiger partial charge in [0.25, 0.3) is 0 Å². The van der Waals surface area contributed by atoms with E-state index < -0.39 is 0 Å². The highest BCUT2D eigenvalue weighted by Gasteiger charge is 2.33. The van der Waals surface area contributed by atoms with Gasteiger partial charge in [-0.3, -0.25) is 0 Å². The van der Waals surface area contributed by atoms with Crippen LogP contribution in [0.2, 0.25) is 0 Å². The molecule has 2 aliphatic heterocycles. The summed E-state index contributed by atoms with van der Waals surface area (Å²) in [5, 5.41) is 4.77. The van der Waals surface area contributed by atoms with Crippen LogP contribution in [0.15, 0.2) is 36.7 Å². The number of morpholine rings is 1. The fourth-order valence-corrected chi connectivity index (χ4v) is 6.07. The SMILES string of the molecule is C[C@@H](Nc1ncnc2c1sc1nc(N3CCOCC3)c3c(c12)CC(C)(C)OC3)c1ccccc1. The molecule has 1 fully saturated rings. The lowest BCUT2D eigenvalue weighted by molar-refractivity contribution is -0.0396. The standard InChI is InChI=1S/C26H29N5O2S/c1-16(17-7-5-4-6-8-17)29-23-22-21(27-15-28-23)20-18-13-26(2,3)33-14-19(18)24(30-25(20)34-22)31-9-11-32-12-10-31/h4-8,15-16H,9-14H2,1-3H3,(H,27,28,29)/t16-/m1/s1. The van der Waals surface area contributed by atoms with Gasteiger partial charge >= 0.3 is 0 Å². The summed E-state index contributed by atoms with van der Waals surface area (Å²) in [7, 11) is 0. The van der Waals surface area contributed by atoms with Gasteiger partial charge in [-0.15, -0.1) is 11.3 Å². The molecule has 1 aromatic carbocycles. The van der Waals surface area contributed by atoms with E-state index in [1.165, 1.54) is 16.7 Å². The molecule has 3 aromatic heterocycles. The average Bonchev–Trinajstić information content (AvgIpc) is 3.24. The van der Waals surface area contributed by atoms with Crippen LogP contribution in [0.25, 0.3) is 20.4 Å². The van der Waals surface area contributed by atoms with Gasteiger partial charge in [-0.2, -0.15) is 0 Å². The lowest BCUT2D eigenvalue weighted by atomic mass is 9.90. The molecule has 34 heavy (non-hydrogen) atoms. The quantitative estimate of drug-likeness (QED) is 0.440. The first-order chi connectivity index (χ1) is 16.5. The Kier molecular flexibility index (Phi) is 5.39. The minimum Gasteiger partial charge on any atom is -0.378 e. The van der Waals surface area contributed by atoms with Crippen LogP contribution in [0.3, 0.4) is 0 Å². The number of thiophene rings is 1. The molecule has 0 amide bonds. The number of fused-ring (bicyclic) bond motifs is 5. The number of aromatic nitrogens is 3. The number of rotatable bonds is 4. The van der Waals surface area contributed by atoms with Crippen molar-refractivity contribution in [2.45, 2.75) is 45.4 Å². The molecule has 4 aromatic rings. The van der Waals surface area contributed by atoms with Crippen molar-refractivity contribution in [3.63, 3.8) is 0 Å². The van der Waals surface area contributed by atoms with E-state index in [4.69, 9.17) is 19.4 Å². The number of hydrogen-bond acceptors (Lipinski definition) is 8. The van der Waals surface area contributed by atoms with E-state index in [1.54, 1.807) is 17.7 Å². The third-order valence-corrected chi connectivity index (χ3v) is 7.85. The molecule has 0 bridgehead atoms. The van der Waals surface area contributed by atoms with E-state index in [2.05, 4.69) is 60.2 Å². The van der Waals surface area contributed by atoms with Crippen molar-refractivity contribution in [3.05, 3.63) is 53.3 Å². The highest BCUT2D eigenvalue weighted by molar-refractivity contribution is 7.26. The molecule has 2 aliphatic rings. The Balaban J connectivity index is 1.51. The van der Waals surface area contributed by atoms with Crippen molar-refractivity contribution in [2.75, 3.05) is 36.5 Å². The second-order valence-electron chi connectivity index (χ2n) is 9.68. The molecular weight excluding hydrogens is 446 g/mol. The lowest BCUT2D eigenvalue weighted by Crippen LogP contribution is -2.39. The van der Waals surface area contributed by atoms with Gasteiger partial charge in [0.1, 0.15) is 22.8 Å². The summed E-state index contributed by atoms with van der Waals surface area (Å²) in [6.45, 7) is 10.2. The van der Waals surface area contributed by atoms with Crippen molar-refractivity contribution < 1.29 is 9.47 Å². The van der Waals surface area contributed by atoms with Gasteiger partial charge in [-0.1, -0.05) is 30.3 Å². The zero-order valence-electron chi connectivity index (χ0n) is 19.8. The molecule has 0 spiro atoms. The van der Waals surface area contributed by atoms with Gasteiger partial charge in [-0.05, 0) is 31.9 Å². The molecule has 5 heterocycles. The minimum absolute atomic E-state index is 0.127. The topological polar surface area (TPSA) is 72.4 Å². The largest absolute Gasteiger partial charge is 0.378 e. The summed E-state index contributed by atoms with van der Waals surface area (Å²) in [6, 6.07) is 10.6. The first-order valence-corrected chi connectivity index (χ1v) is 12.7. The second kappa shape index (κ2) is 8.45. The van der Waals surface area contributed by atoms with Crippen LogP contribution < -0.4 is 10.2 Å². The van der Waals surface area contributed by atoms with E-state index >= 15 is 0 Å². The maximum atomic E-state index is 6.25. The molecular formula is C26H29N5O2S. The Hall–Kier alpha value is -2.81. The maximum absolute atomic E-state index is 6.25. The smallest absolute Gasteiger partial charge is 0.148 e. The molecule has 1 saturated heterocycles. The van der Waals surface area contributed by atoms with Gasteiger partial charge in [0.15, 0.2) is 0 Å². The third kappa shape index (κ3) is 3.79. The monoisotopic (exact) mass is 475 g/mol. The molecule has 7 nitrogen and oxygen atoms in total. The average molecular weight is 476 g/mol. The maximum Gasteiger partial charge on any atom is 0.148 e. The van der Waals surface area contributed by atoms with Gasteiger partial charge in [0, 0.05) is 36.5 Å². The molecule has 1 atom stereocenters. The van der Waals surface area contributed by atoms with Crippen molar-refractivity contribution in [1.82, 2.24) is 15.0 Å². The summed E-state index contributed by atoms with van der Waals surface area (Å²) in [5.41, 5.74) is 4.48. The van der Waals surface area contributed by atoms with Crippen LogP contribution in [0.4, 0.5) is 11.6 Å². The molecule has 0 unspecified atom stereocenters. The van der Waals surface area contributed by atoms with Crippen molar-refractivity contribution in [2.24, 2.45) is 0 Å². The fourth-order valence-electron chi connectivity index (χ4n) is 4.96. The minimum atomic E-state index is -0.228. The summed E-state index contributed by atoms with van der Waals surface area (Å²) in [5.74, 6) is 1.89. The predicted octanol–water partition coefficient (Wildman–Crippen LogP) is 5.10. The molecule has 176 valence electrons. The number of ether oxygens (including phenoxy) is 2. The van der Waals surface area contributed by atoms with Crippen LogP contribution in [0, 0.1) is 0 Å². The van der Waals surface area contributed by atoms with Gasteiger partial charge in [-0.25, -0.2) is 15.0 Å². The zero-order chi connectivity index (χ0) is 23.3. The molecule has 0 saturated carbocycles. The van der Waals surface area contributed by atoms with Gasteiger partial charge in [0.05, 0.1) is 35.6 Å². The zero-order valence-corrected chi connectivity index (χ0v) is 20.6. The van der Waals surface area contributed by atoms with Crippen LogP contribution in [0.1, 0.15) is 43.5 Å². The van der Waals surface area contributed by atoms with Crippen molar-refractivity contribution in [1.29, 1.82) is 0 Å². The Morgan fingerprint density at radius 1 is 1.09 bits per heavy atom. The van der Waals surface area contributed by atoms with Crippen LogP contribution >= 0.6 is 11.3 Å². The summed E-state index contributed by atoms with van der Waals surface area (Å²) < 4.78 is 12.9. The Morgan fingerprint density at radius 2 is 1.88 bits per heavy atom.